The van der Waals surface area contributed by atoms with Gasteiger partial charge in [-0.1, -0.05) is 11.3 Å². The van der Waals surface area contributed by atoms with Crippen LogP contribution in [0.25, 0.3) is 10.2 Å². The Morgan fingerprint density at radius 1 is 1.03 bits per heavy atom. The number of nitro groups is 2. The molecule has 0 N–H and O–H groups in total. The van der Waals surface area contributed by atoms with Gasteiger partial charge < -0.3 is 14.4 Å². The number of anilines is 1. The van der Waals surface area contributed by atoms with Crippen LogP contribution < -0.4 is 14.4 Å². The number of aromatic nitrogens is 1. The molecule has 0 saturated carbocycles. The lowest BCUT2D eigenvalue weighted by Crippen LogP contribution is -2.36. The van der Waals surface area contributed by atoms with E-state index >= 15 is 0 Å². The number of nitrogens with zero attached hydrogens (tertiary/aromatic N) is 5. The van der Waals surface area contributed by atoms with E-state index in [4.69, 9.17) is 9.47 Å². The van der Waals surface area contributed by atoms with Crippen LogP contribution in [-0.2, 0) is 0 Å². The van der Waals surface area contributed by atoms with Crippen molar-refractivity contribution in [2.45, 2.75) is 0 Å². The number of amides is 1. The molecule has 0 saturated heterocycles. The Balaban J connectivity index is 1.77. The highest BCUT2D eigenvalue weighted by Gasteiger charge is 2.27. The van der Waals surface area contributed by atoms with Crippen molar-refractivity contribution < 1.29 is 24.1 Å². The lowest BCUT2D eigenvalue weighted by molar-refractivity contribution is -0.394. The van der Waals surface area contributed by atoms with Crippen LogP contribution in [0.1, 0.15) is 10.4 Å². The number of benzene rings is 2. The van der Waals surface area contributed by atoms with Gasteiger partial charge in [0.1, 0.15) is 0 Å². The molecule has 0 spiro atoms. The van der Waals surface area contributed by atoms with Crippen LogP contribution >= 0.6 is 11.3 Å². The molecule has 4 rings (SSSR count). The van der Waals surface area contributed by atoms with Crippen molar-refractivity contribution in [3.05, 3.63) is 56.1 Å². The third-order valence-electron chi connectivity index (χ3n) is 4.69. The van der Waals surface area contributed by atoms with E-state index in [9.17, 15) is 25.0 Å². The second-order valence-corrected chi connectivity index (χ2v) is 8.19. The standard InChI is InChI=1S/C19H17N5O7S/c1-21(2)3-4-22(18(25)11-5-12(23(26)27)7-13(6-11)24(28)29)19-20-14-8-15-16(31-10-30-15)9-17(14)32-19/h5-9H,3-4,10H2,1-2H3. The highest BCUT2D eigenvalue weighted by molar-refractivity contribution is 7.22. The highest BCUT2D eigenvalue weighted by atomic mass is 32.1. The molecule has 32 heavy (non-hydrogen) atoms. The van der Waals surface area contributed by atoms with Gasteiger partial charge in [0.15, 0.2) is 16.6 Å². The Hall–Kier alpha value is -3.84. The molecule has 13 heteroatoms. The molecule has 0 fully saturated rings. The smallest absolute Gasteiger partial charge is 0.277 e. The Labute approximate surface area is 184 Å². The van der Waals surface area contributed by atoms with Crippen LogP contribution in [0.5, 0.6) is 11.5 Å². The molecule has 0 unspecified atom stereocenters. The van der Waals surface area contributed by atoms with Crippen LogP contribution in [0, 0.1) is 20.2 Å². The molecular weight excluding hydrogens is 442 g/mol. The van der Waals surface area contributed by atoms with Crippen molar-refractivity contribution in [2.75, 3.05) is 38.9 Å². The van der Waals surface area contributed by atoms with Crippen molar-refractivity contribution in [3.63, 3.8) is 0 Å². The lowest BCUT2D eigenvalue weighted by Gasteiger charge is -2.22. The SMILES string of the molecule is CN(C)CCN(C(=O)c1cc([N+](=O)[O-])cc([N+](=O)[O-])c1)c1nc2cc3c(cc2s1)OCO3. The maximum absolute atomic E-state index is 13.4. The summed E-state index contributed by atoms with van der Waals surface area (Å²) in [7, 11) is 3.66. The molecule has 0 aliphatic carbocycles. The van der Waals surface area contributed by atoms with Crippen molar-refractivity contribution >= 4 is 44.0 Å². The van der Waals surface area contributed by atoms with Gasteiger partial charge in [0.05, 0.1) is 31.7 Å². The van der Waals surface area contributed by atoms with Gasteiger partial charge in [0.2, 0.25) is 6.79 Å². The number of carbonyl (C=O) groups is 1. The third kappa shape index (κ3) is 4.15. The molecule has 0 radical (unpaired) electrons. The van der Waals surface area contributed by atoms with Gasteiger partial charge in [0.25, 0.3) is 17.3 Å². The van der Waals surface area contributed by atoms with E-state index in [1.165, 1.54) is 16.2 Å². The number of fused-ring (bicyclic) bond motifs is 2. The summed E-state index contributed by atoms with van der Waals surface area (Å²) in [6, 6.07) is 6.36. The number of hydrogen-bond donors (Lipinski definition) is 0. The number of thiazole rings is 1. The van der Waals surface area contributed by atoms with E-state index in [2.05, 4.69) is 4.98 Å². The fourth-order valence-corrected chi connectivity index (χ4v) is 4.09. The largest absolute Gasteiger partial charge is 0.454 e. The lowest BCUT2D eigenvalue weighted by atomic mass is 10.1. The molecular formula is C19H17N5O7S. The summed E-state index contributed by atoms with van der Waals surface area (Å²) < 4.78 is 11.5. The van der Waals surface area contributed by atoms with Crippen LogP contribution in [-0.4, -0.2) is 59.6 Å². The molecule has 1 aliphatic heterocycles. The van der Waals surface area contributed by atoms with E-state index in [-0.39, 0.29) is 18.9 Å². The summed E-state index contributed by atoms with van der Waals surface area (Å²) in [6.45, 7) is 0.814. The number of likely N-dealkylation sites (N-methyl/N-ethyl adjacent to an activating group) is 1. The van der Waals surface area contributed by atoms with Crippen LogP contribution in [0.4, 0.5) is 16.5 Å². The molecule has 0 bridgehead atoms. The zero-order chi connectivity index (χ0) is 23.0. The molecule has 1 aliphatic rings. The Kier molecular flexibility index (Phi) is 5.59. The normalized spacial score (nSPS) is 12.3. The minimum Gasteiger partial charge on any atom is -0.454 e. The first-order chi connectivity index (χ1) is 15.2. The quantitative estimate of drug-likeness (QED) is 0.385. The maximum Gasteiger partial charge on any atom is 0.277 e. The van der Waals surface area contributed by atoms with Crippen molar-refractivity contribution in [3.8, 4) is 11.5 Å². The average Bonchev–Trinajstić information content (AvgIpc) is 3.36. The first-order valence-corrected chi connectivity index (χ1v) is 10.2. The number of carbonyl (C=O) groups excluding carboxylic acids is 1. The number of nitro benzene ring substituents is 2. The van der Waals surface area contributed by atoms with E-state index in [1.54, 1.807) is 12.1 Å². The average molecular weight is 459 g/mol. The van der Waals surface area contributed by atoms with Crippen LogP contribution in [0.3, 0.4) is 0 Å². The summed E-state index contributed by atoms with van der Waals surface area (Å²) in [5.41, 5.74) is -0.643. The summed E-state index contributed by atoms with van der Waals surface area (Å²) in [5.74, 6) is 0.501. The third-order valence-corrected chi connectivity index (χ3v) is 5.73. The number of ether oxygens (including phenoxy) is 2. The van der Waals surface area contributed by atoms with Gasteiger partial charge in [-0.05, 0) is 14.1 Å². The van der Waals surface area contributed by atoms with E-state index in [0.717, 1.165) is 22.9 Å². The van der Waals surface area contributed by atoms with Gasteiger partial charge in [-0.2, -0.15) is 0 Å². The predicted octanol–water partition coefficient (Wildman–Crippen LogP) is 3.05. The van der Waals surface area contributed by atoms with Gasteiger partial charge >= 0.3 is 0 Å². The maximum atomic E-state index is 13.4. The van der Waals surface area contributed by atoms with Crippen LogP contribution in [0.15, 0.2) is 30.3 Å². The highest BCUT2D eigenvalue weighted by Crippen LogP contribution is 2.40. The summed E-state index contributed by atoms with van der Waals surface area (Å²) in [5, 5.41) is 22.8. The van der Waals surface area contributed by atoms with Crippen molar-refractivity contribution in [1.82, 2.24) is 9.88 Å². The fraction of sp³-hybridized carbons (Fsp3) is 0.263. The first kappa shape index (κ1) is 21.4. The zero-order valence-electron chi connectivity index (χ0n) is 17.0. The van der Waals surface area contributed by atoms with Crippen molar-refractivity contribution in [2.24, 2.45) is 0 Å². The van der Waals surface area contributed by atoms with Gasteiger partial charge in [-0.15, -0.1) is 0 Å². The number of hydrogen-bond acceptors (Lipinski definition) is 10. The van der Waals surface area contributed by atoms with Crippen molar-refractivity contribution in [1.29, 1.82) is 0 Å². The molecule has 1 amide bonds. The second kappa shape index (κ2) is 8.36. The Morgan fingerprint density at radius 2 is 1.66 bits per heavy atom. The van der Waals surface area contributed by atoms with Gasteiger partial charge in [-0.25, -0.2) is 4.98 Å². The second-order valence-electron chi connectivity index (χ2n) is 7.18. The molecule has 2 aromatic carbocycles. The minimum atomic E-state index is -0.771. The Morgan fingerprint density at radius 3 is 2.25 bits per heavy atom. The first-order valence-electron chi connectivity index (χ1n) is 9.33. The fourth-order valence-electron chi connectivity index (χ4n) is 3.09. The molecule has 0 atom stereocenters. The summed E-state index contributed by atoms with van der Waals surface area (Å²) in [4.78, 5) is 42.1. The van der Waals surface area contributed by atoms with E-state index < -0.39 is 27.1 Å². The molecule has 3 aromatic rings. The summed E-state index contributed by atoms with van der Waals surface area (Å²) >= 11 is 1.24. The van der Waals surface area contributed by atoms with Crippen LogP contribution in [0.2, 0.25) is 0 Å². The topological polar surface area (TPSA) is 141 Å². The molecule has 12 nitrogen and oxygen atoms in total. The monoisotopic (exact) mass is 459 g/mol. The van der Waals surface area contributed by atoms with Gasteiger partial charge in [-0.3, -0.25) is 29.9 Å². The Bertz CT molecular complexity index is 1170. The number of non-ortho nitro benzene ring substituents is 2. The number of rotatable bonds is 7. The molecule has 2 heterocycles. The molecule has 1 aromatic heterocycles. The minimum absolute atomic E-state index is 0.123. The van der Waals surface area contributed by atoms with E-state index in [0.29, 0.717) is 28.7 Å². The summed E-state index contributed by atoms with van der Waals surface area (Å²) in [6.07, 6.45) is 0. The van der Waals surface area contributed by atoms with E-state index in [1.807, 2.05) is 19.0 Å². The molecule has 166 valence electrons. The van der Waals surface area contributed by atoms with Gasteiger partial charge in [0, 0.05) is 37.4 Å². The predicted molar refractivity (Wildman–Crippen MR) is 116 cm³/mol. The zero-order valence-corrected chi connectivity index (χ0v) is 17.8.